The van der Waals surface area contributed by atoms with Gasteiger partial charge in [0.25, 0.3) is 0 Å². The van der Waals surface area contributed by atoms with E-state index in [0.29, 0.717) is 5.92 Å². The number of carboxylic acids is 3. The summed E-state index contributed by atoms with van der Waals surface area (Å²) in [5.74, 6) is -6.85. The van der Waals surface area contributed by atoms with E-state index >= 15 is 0 Å². The third-order valence-electron chi connectivity index (χ3n) is 6.01. The molecule has 0 saturated carbocycles. The van der Waals surface area contributed by atoms with Crippen molar-refractivity contribution in [3.8, 4) is 5.75 Å². The molecule has 4 heterocycles. The first-order valence-corrected chi connectivity index (χ1v) is 12.8. The fraction of sp³-hybridized carbons (Fsp3) is 0.500. The summed E-state index contributed by atoms with van der Waals surface area (Å²) in [7, 11) is 0. The molecule has 1 atom stereocenters. The lowest BCUT2D eigenvalue weighted by atomic mass is 9.79. The van der Waals surface area contributed by atoms with Gasteiger partial charge < -0.3 is 24.8 Å². The molecule has 0 aromatic carbocycles. The number of pyridine rings is 2. The lowest BCUT2D eigenvalue weighted by Gasteiger charge is -2.50. The van der Waals surface area contributed by atoms with Gasteiger partial charge in [-0.25, -0.2) is 14.4 Å². The van der Waals surface area contributed by atoms with Crippen molar-refractivity contribution in [2.45, 2.75) is 50.4 Å². The van der Waals surface area contributed by atoms with Crippen molar-refractivity contribution in [1.82, 2.24) is 14.9 Å². The molecular formula is C26H28F9N3O8. The van der Waals surface area contributed by atoms with Crippen LogP contribution < -0.4 is 4.74 Å². The van der Waals surface area contributed by atoms with Gasteiger partial charge in [0.1, 0.15) is 5.75 Å². The predicted molar refractivity (Wildman–Crippen MR) is 136 cm³/mol. The van der Waals surface area contributed by atoms with E-state index in [1.165, 1.54) is 0 Å². The van der Waals surface area contributed by atoms with Gasteiger partial charge in [0.05, 0.1) is 24.1 Å². The number of alkyl halides is 9. The van der Waals surface area contributed by atoms with E-state index in [1.807, 2.05) is 25.1 Å². The minimum atomic E-state index is -5.08. The van der Waals surface area contributed by atoms with Gasteiger partial charge in [-0.3, -0.25) is 14.9 Å². The highest BCUT2D eigenvalue weighted by Crippen LogP contribution is 2.42. The second-order valence-corrected chi connectivity index (χ2v) is 9.55. The van der Waals surface area contributed by atoms with E-state index in [2.05, 4.69) is 27.0 Å². The minimum Gasteiger partial charge on any atom is -0.492 e. The van der Waals surface area contributed by atoms with Gasteiger partial charge in [-0.1, -0.05) is 6.07 Å². The van der Waals surface area contributed by atoms with Crippen LogP contribution in [0.1, 0.15) is 24.2 Å². The largest absolute Gasteiger partial charge is 0.492 e. The average Bonchev–Trinajstić information content (AvgIpc) is 3.32. The molecule has 20 heteroatoms. The highest BCUT2D eigenvalue weighted by Gasteiger charge is 2.52. The molecule has 258 valence electrons. The second-order valence-electron chi connectivity index (χ2n) is 9.55. The smallest absolute Gasteiger partial charge is 0.490 e. The molecule has 4 rings (SSSR count). The zero-order chi connectivity index (χ0) is 35.3. The molecule has 2 fully saturated rings. The molecule has 2 aromatic rings. The first-order chi connectivity index (χ1) is 21.1. The maximum atomic E-state index is 10.6. The summed E-state index contributed by atoms with van der Waals surface area (Å²) in [5.41, 5.74) is 2.25. The summed E-state index contributed by atoms with van der Waals surface area (Å²) in [4.78, 5) is 37.8. The van der Waals surface area contributed by atoms with Gasteiger partial charge in [-0.05, 0) is 49.9 Å². The number of hydrogen-bond acceptors (Lipinski definition) is 8. The van der Waals surface area contributed by atoms with Crippen molar-refractivity contribution in [2.75, 3.05) is 26.3 Å². The molecule has 0 aliphatic carbocycles. The van der Waals surface area contributed by atoms with Crippen molar-refractivity contribution in [2.24, 2.45) is 5.92 Å². The van der Waals surface area contributed by atoms with Gasteiger partial charge in [0.2, 0.25) is 0 Å². The Balaban J connectivity index is 0.000000413. The van der Waals surface area contributed by atoms with Crippen LogP contribution in [0.3, 0.4) is 0 Å². The topological polar surface area (TPSA) is 159 Å². The molecule has 2 saturated heterocycles. The summed E-state index contributed by atoms with van der Waals surface area (Å²) in [5, 5.41) is 21.4. The standard InChI is InChI=1S/C20H25N3O2.3C2HF3O2/c1-16-4-2-5-18(22-16)13-23-14-20(15-23)17(8-11-25-20)7-10-24-19-6-3-9-21-12-19;3*3-2(4,5)1(6)7/h2-6,9,12,17H,7-8,10-11,13-15H2,1H3;3*(H,6,7). The van der Waals surface area contributed by atoms with Crippen molar-refractivity contribution >= 4 is 17.9 Å². The lowest BCUT2D eigenvalue weighted by molar-refractivity contribution is -0.193. The molecule has 2 aromatic heterocycles. The minimum absolute atomic E-state index is 0.0299. The fourth-order valence-corrected chi connectivity index (χ4v) is 4.03. The highest BCUT2D eigenvalue weighted by atomic mass is 19.4. The molecule has 3 N–H and O–H groups in total. The summed E-state index contributed by atoms with van der Waals surface area (Å²) < 4.78 is 107. The van der Waals surface area contributed by atoms with E-state index in [-0.39, 0.29) is 5.60 Å². The van der Waals surface area contributed by atoms with E-state index in [0.717, 1.165) is 62.8 Å². The van der Waals surface area contributed by atoms with Gasteiger partial charge >= 0.3 is 36.4 Å². The van der Waals surface area contributed by atoms with E-state index in [9.17, 15) is 39.5 Å². The van der Waals surface area contributed by atoms with Crippen LogP contribution in [0.4, 0.5) is 39.5 Å². The quantitative estimate of drug-likeness (QED) is 0.362. The number of aliphatic carboxylic acids is 3. The Kier molecular flexibility index (Phi) is 14.6. The fourth-order valence-electron chi connectivity index (χ4n) is 4.03. The molecule has 11 nitrogen and oxygen atoms in total. The van der Waals surface area contributed by atoms with Crippen LogP contribution in [0.2, 0.25) is 0 Å². The monoisotopic (exact) mass is 681 g/mol. The average molecular weight is 682 g/mol. The van der Waals surface area contributed by atoms with Crippen molar-refractivity contribution in [3.63, 3.8) is 0 Å². The van der Waals surface area contributed by atoms with Crippen molar-refractivity contribution in [3.05, 3.63) is 54.1 Å². The molecule has 0 radical (unpaired) electrons. The number of aromatic nitrogens is 2. The number of nitrogens with zero attached hydrogens (tertiary/aromatic N) is 3. The maximum Gasteiger partial charge on any atom is 0.490 e. The van der Waals surface area contributed by atoms with Crippen LogP contribution in [0.25, 0.3) is 0 Å². The number of ether oxygens (including phenoxy) is 2. The predicted octanol–water partition coefficient (Wildman–Crippen LogP) is 4.74. The maximum absolute atomic E-state index is 10.6. The van der Waals surface area contributed by atoms with Crippen LogP contribution in [0, 0.1) is 12.8 Å². The Labute approximate surface area is 254 Å². The summed E-state index contributed by atoms with van der Waals surface area (Å²) in [6, 6.07) is 10.1. The third-order valence-corrected chi connectivity index (χ3v) is 6.01. The van der Waals surface area contributed by atoms with Crippen molar-refractivity contribution in [1.29, 1.82) is 0 Å². The zero-order valence-electron chi connectivity index (χ0n) is 23.7. The van der Waals surface area contributed by atoms with Crippen LogP contribution in [0.15, 0.2) is 42.7 Å². The van der Waals surface area contributed by atoms with Gasteiger partial charge in [-0.2, -0.15) is 39.5 Å². The summed E-state index contributed by atoms with van der Waals surface area (Å²) >= 11 is 0. The number of aryl methyl sites for hydroxylation is 1. The Morgan fingerprint density at radius 3 is 1.87 bits per heavy atom. The number of carboxylic acid groups (broad SMARTS) is 3. The Bertz CT molecular complexity index is 1210. The molecule has 1 unspecified atom stereocenters. The molecule has 1 spiro atoms. The number of halogens is 9. The Morgan fingerprint density at radius 1 is 0.913 bits per heavy atom. The molecular weight excluding hydrogens is 653 g/mol. The van der Waals surface area contributed by atoms with Gasteiger partial charge in [-0.15, -0.1) is 0 Å². The first kappa shape index (κ1) is 39.8. The third kappa shape index (κ3) is 14.3. The van der Waals surface area contributed by atoms with E-state index in [4.69, 9.17) is 39.2 Å². The second kappa shape index (κ2) is 16.9. The van der Waals surface area contributed by atoms with Gasteiger partial charge in [0.15, 0.2) is 0 Å². The molecule has 0 bridgehead atoms. The van der Waals surface area contributed by atoms with Crippen LogP contribution in [-0.4, -0.2) is 98.5 Å². The molecule has 0 amide bonds. The normalized spacial score (nSPS) is 17.1. The number of carbonyl (C=O) groups is 3. The van der Waals surface area contributed by atoms with Gasteiger partial charge in [0, 0.05) is 38.1 Å². The van der Waals surface area contributed by atoms with Crippen LogP contribution >= 0.6 is 0 Å². The van der Waals surface area contributed by atoms with Crippen molar-refractivity contribution < 1.29 is 78.7 Å². The highest BCUT2D eigenvalue weighted by molar-refractivity contribution is 5.73. The van der Waals surface area contributed by atoms with Crippen LogP contribution in [0.5, 0.6) is 5.75 Å². The summed E-state index contributed by atoms with van der Waals surface area (Å²) in [6.07, 6.45) is -9.56. The first-order valence-electron chi connectivity index (χ1n) is 12.8. The lowest BCUT2D eigenvalue weighted by Crippen LogP contribution is -2.64. The summed E-state index contributed by atoms with van der Waals surface area (Å²) in [6.45, 7) is 6.54. The molecule has 46 heavy (non-hydrogen) atoms. The van der Waals surface area contributed by atoms with E-state index < -0.39 is 36.4 Å². The Morgan fingerprint density at radius 2 is 1.43 bits per heavy atom. The number of likely N-dealkylation sites (tertiary alicyclic amines) is 1. The Hall–Kier alpha value is -4.20. The SMILES string of the molecule is Cc1cccc(CN2CC3(C2)OCCC3CCOc2cccnc2)n1.O=C(O)C(F)(F)F.O=C(O)C(F)(F)F.O=C(O)C(F)(F)F. The number of hydrogen-bond donors (Lipinski definition) is 3. The molecule has 2 aliphatic rings. The van der Waals surface area contributed by atoms with E-state index in [1.54, 1.807) is 12.4 Å². The zero-order valence-corrected chi connectivity index (χ0v) is 23.7. The van der Waals surface area contributed by atoms with Crippen LogP contribution in [-0.2, 0) is 25.7 Å². The number of rotatable bonds is 6. The molecule has 2 aliphatic heterocycles.